The van der Waals surface area contributed by atoms with Gasteiger partial charge in [0.05, 0.1) is 17.6 Å². The summed E-state index contributed by atoms with van der Waals surface area (Å²) in [5.41, 5.74) is 4.38. The first kappa shape index (κ1) is 21.8. The third kappa shape index (κ3) is 3.82. The van der Waals surface area contributed by atoms with E-state index in [9.17, 15) is 0 Å². The average Bonchev–Trinajstić information content (AvgIpc) is 3.28. The van der Waals surface area contributed by atoms with Gasteiger partial charge in [0.15, 0.2) is 23.2 Å². The lowest BCUT2D eigenvalue weighted by Gasteiger charge is -2.39. The lowest BCUT2D eigenvalue weighted by molar-refractivity contribution is -0.0368. The molecule has 2 fully saturated rings. The lowest BCUT2D eigenvalue weighted by Crippen LogP contribution is -2.39. The molecule has 0 bridgehead atoms. The first-order valence-corrected chi connectivity index (χ1v) is 13.0. The summed E-state index contributed by atoms with van der Waals surface area (Å²) in [5.74, 6) is 1.82. The second kappa shape index (κ2) is 8.80. The van der Waals surface area contributed by atoms with Crippen molar-refractivity contribution in [3.05, 3.63) is 30.2 Å². The highest BCUT2D eigenvalue weighted by molar-refractivity contribution is 5.88. The number of piperidine rings is 1. The van der Waals surface area contributed by atoms with E-state index in [0.717, 1.165) is 92.5 Å². The largest absolute Gasteiger partial charge is 0.356 e. The summed E-state index contributed by atoms with van der Waals surface area (Å²) in [6.07, 6.45) is 12.6. The van der Waals surface area contributed by atoms with Crippen LogP contribution in [0.1, 0.15) is 70.7 Å². The second-order valence-electron chi connectivity index (χ2n) is 10.4. The van der Waals surface area contributed by atoms with E-state index in [-0.39, 0.29) is 6.23 Å². The molecule has 34 heavy (non-hydrogen) atoms. The molecule has 0 radical (unpaired) electrons. The Morgan fingerprint density at radius 3 is 2.79 bits per heavy atom. The predicted molar refractivity (Wildman–Crippen MR) is 134 cm³/mol. The van der Waals surface area contributed by atoms with Crippen molar-refractivity contribution in [1.82, 2.24) is 24.7 Å². The van der Waals surface area contributed by atoms with Gasteiger partial charge >= 0.3 is 0 Å². The molecule has 2 saturated heterocycles. The number of pyridine rings is 1. The Hall–Kier alpha value is -2.74. The Bertz CT molecular complexity index is 1160. The van der Waals surface area contributed by atoms with Gasteiger partial charge in [0.2, 0.25) is 0 Å². The smallest absolute Gasteiger partial charge is 0.183 e. The van der Waals surface area contributed by atoms with Gasteiger partial charge < -0.3 is 14.5 Å². The van der Waals surface area contributed by atoms with E-state index in [4.69, 9.17) is 19.8 Å². The Morgan fingerprint density at radius 1 is 1.12 bits per heavy atom. The van der Waals surface area contributed by atoms with Gasteiger partial charge in [-0.15, -0.1) is 5.10 Å². The van der Waals surface area contributed by atoms with E-state index in [0.29, 0.717) is 5.41 Å². The van der Waals surface area contributed by atoms with Gasteiger partial charge in [-0.1, -0.05) is 20.3 Å². The molecule has 1 unspecified atom stereocenters. The van der Waals surface area contributed by atoms with Gasteiger partial charge in [0.25, 0.3) is 0 Å². The highest BCUT2D eigenvalue weighted by Crippen LogP contribution is 2.39. The number of rotatable bonds is 4. The summed E-state index contributed by atoms with van der Waals surface area (Å²) in [4.78, 5) is 19.4. The van der Waals surface area contributed by atoms with Crippen LogP contribution in [0.3, 0.4) is 0 Å². The maximum Gasteiger partial charge on any atom is 0.183 e. The molecule has 6 heterocycles. The highest BCUT2D eigenvalue weighted by Gasteiger charge is 2.31. The fourth-order valence-corrected chi connectivity index (χ4v) is 5.58. The number of hydrogen-bond donors (Lipinski definition) is 0. The van der Waals surface area contributed by atoms with Crippen molar-refractivity contribution in [3.63, 3.8) is 0 Å². The number of anilines is 3. The summed E-state index contributed by atoms with van der Waals surface area (Å²) in [7, 11) is 0. The van der Waals surface area contributed by atoms with Crippen LogP contribution in [0.5, 0.6) is 0 Å². The van der Waals surface area contributed by atoms with Gasteiger partial charge in [0.1, 0.15) is 5.82 Å². The van der Waals surface area contributed by atoms with Gasteiger partial charge in [-0.25, -0.2) is 14.6 Å². The van der Waals surface area contributed by atoms with E-state index in [1.807, 2.05) is 23.1 Å². The van der Waals surface area contributed by atoms with Crippen molar-refractivity contribution >= 4 is 28.5 Å². The predicted octanol–water partition coefficient (Wildman–Crippen LogP) is 5.02. The first-order valence-electron chi connectivity index (χ1n) is 13.0. The van der Waals surface area contributed by atoms with Crippen LogP contribution >= 0.6 is 0 Å². The average molecular weight is 462 g/mol. The molecule has 0 N–H and O–H groups in total. The topological polar surface area (TPSA) is 72.2 Å². The van der Waals surface area contributed by atoms with Crippen LogP contribution in [0.15, 0.2) is 24.5 Å². The van der Waals surface area contributed by atoms with Crippen molar-refractivity contribution in [2.24, 2.45) is 5.41 Å². The number of ether oxygens (including phenoxy) is 1. The molecule has 0 spiro atoms. The van der Waals surface area contributed by atoms with Gasteiger partial charge in [0, 0.05) is 32.4 Å². The van der Waals surface area contributed by atoms with Crippen molar-refractivity contribution in [2.75, 3.05) is 36.0 Å². The molecule has 1 atom stereocenters. The molecule has 3 aliphatic rings. The Labute approximate surface area is 201 Å². The number of aromatic nitrogens is 5. The summed E-state index contributed by atoms with van der Waals surface area (Å²) in [6.45, 7) is 8.44. The monoisotopic (exact) mass is 461 g/mol. The zero-order chi connectivity index (χ0) is 23.1. The van der Waals surface area contributed by atoms with E-state index < -0.39 is 0 Å². The molecule has 0 aromatic carbocycles. The molecule has 3 aliphatic heterocycles. The standard InChI is InChI=1S/C26H35N7O/c1-3-26(2)11-15-31(16-12-26)21-18-28-23-24(29-21)33(22-10-4-5-17-34-22)30-25(23)32-14-7-8-19-20(32)9-6-13-27-19/h6,9,13,18,22H,3-5,7-8,10-12,14-17H2,1-2H3. The van der Waals surface area contributed by atoms with Crippen LogP contribution in [0.25, 0.3) is 11.2 Å². The van der Waals surface area contributed by atoms with Crippen LogP contribution in [0.2, 0.25) is 0 Å². The summed E-state index contributed by atoms with van der Waals surface area (Å²) in [5, 5.41) is 5.10. The first-order chi connectivity index (χ1) is 16.6. The molecule has 180 valence electrons. The fourth-order valence-electron chi connectivity index (χ4n) is 5.58. The molecule has 0 saturated carbocycles. The second-order valence-corrected chi connectivity index (χ2v) is 10.4. The lowest BCUT2D eigenvalue weighted by atomic mass is 9.78. The fraction of sp³-hybridized carbons (Fsp3) is 0.615. The van der Waals surface area contributed by atoms with Gasteiger partial charge in [-0.3, -0.25) is 4.98 Å². The molecule has 6 rings (SSSR count). The van der Waals surface area contributed by atoms with Crippen molar-refractivity contribution in [2.45, 2.75) is 71.4 Å². The molecule has 3 aromatic heterocycles. The van der Waals surface area contributed by atoms with Gasteiger partial charge in [-0.05, 0) is 62.5 Å². The van der Waals surface area contributed by atoms with Crippen molar-refractivity contribution in [1.29, 1.82) is 0 Å². The Kier molecular flexibility index (Phi) is 5.63. The van der Waals surface area contributed by atoms with E-state index in [2.05, 4.69) is 34.7 Å². The maximum absolute atomic E-state index is 6.16. The van der Waals surface area contributed by atoms with E-state index >= 15 is 0 Å². The number of nitrogens with zero attached hydrogens (tertiary/aromatic N) is 7. The summed E-state index contributed by atoms with van der Waals surface area (Å²) >= 11 is 0. The zero-order valence-electron chi connectivity index (χ0n) is 20.4. The quantitative estimate of drug-likeness (QED) is 0.540. The third-order valence-corrected chi connectivity index (χ3v) is 8.16. The minimum atomic E-state index is -0.0857. The third-order valence-electron chi connectivity index (χ3n) is 8.16. The van der Waals surface area contributed by atoms with Gasteiger partial charge in [-0.2, -0.15) is 0 Å². The van der Waals surface area contributed by atoms with E-state index in [1.54, 1.807) is 0 Å². The minimum Gasteiger partial charge on any atom is -0.356 e. The van der Waals surface area contributed by atoms with E-state index in [1.165, 1.54) is 19.3 Å². The van der Waals surface area contributed by atoms with Crippen molar-refractivity contribution < 1.29 is 4.74 Å². The number of fused-ring (bicyclic) bond motifs is 2. The molecule has 8 nitrogen and oxygen atoms in total. The maximum atomic E-state index is 6.16. The minimum absolute atomic E-state index is 0.0857. The van der Waals surface area contributed by atoms with Crippen LogP contribution < -0.4 is 9.80 Å². The van der Waals surface area contributed by atoms with Crippen molar-refractivity contribution in [3.8, 4) is 0 Å². The molecular weight excluding hydrogens is 426 g/mol. The Balaban J connectivity index is 1.41. The van der Waals surface area contributed by atoms with Crippen LogP contribution in [-0.4, -0.2) is 51.0 Å². The number of hydrogen-bond acceptors (Lipinski definition) is 7. The highest BCUT2D eigenvalue weighted by atomic mass is 16.5. The molecule has 0 amide bonds. The molecular formula is C26H35N7O. The number of aryl methyl sites for hydroxylation is 1. The zero-order valence-corrected chi connectivity index (χ0v) is 20.4. The SMILES string of the molecule is CCC1(C)CCN(c2cnc3c(N4CCCc5ncccc54)nn(C4CCCCO4)c3n2)CC1. The summed E-state index contributed by atoms with van der Waals surface area (Å²) < 4.78 is 8.16. The normalized spacial score (nSPS) is 22.7. The van der Waals surface area contributed by atoms with Crippen LogP contribution in [0, 0.1) is 5.41 Å². The van der Waals surface area contributed by atoms with Crippen LogP contribution in [-0.2, 0) is 11.2 Å². The molecule has 0 aliphatic carbocycles. The molecule has 8 heteroatoms. The van der Waals surface area contributed by atoms with Crippen LogP contribution in [0.4, 0.5) is 17.3 Å². The Morgan fingerprint density at radius 2 is 2.00 bits per heavy atom. The summed E-state index contributed by atoms with van der Waals surface area (Å²) in [6, 6.07) is 4.15. The molecule has 3 aromatic rings.